The van der Waals surface area contributed by atoms with Crippen molar-refractivity contribution in [2.45, 2.75) is 57.2 Å². The van der Waals surface area contributed by atoms with E-state index in [0.29, 0.717) is 24.7 Å². The van der Waals surface area contributed by atoms with E-state index in [1.54, 1.807) is 21.9 Å². The molecule has 0 radical (unpaired) electrons. The Hall–Kier alpha value is -2.37. The van der Waals surface area contributed by atoms with Gasteiger partial charge in [0.15, 0.2) is 0 Å². The molecule has 1 saturated carbocycles. The number of carbonyl (C=O) groups is 3. The normalized spacial score (nSPS) is 23.5. The third kappa shape index (κ3) is 3.32. The summed E-state index contributed by atoms with van der Waals surface area (Å²) < 4.78 is 0. The van der Waals surface area contributed by atoms with E-state index in [2.05, 4.69) is 5.32 Å². The fourth-order valence-corrected chi connectivity index (χ4v) is 4.32. The molecule has 1 aliphatic carbocycles. The molecule has 6 nitrogen and oxygen atoms in total. The Balaban J connectivity index is 1.38. The molecule has 0 aromatic heterocycles. The fourth-order valence-electron chi connectivity index (χ4n) is 4.32. The standard InChI is InChI=1S/C20H25N3O3/c24-18-13-22(20(26)17-6-3-11-23(17)18)12-14-7-9-15(10-8-14)19(25)21-16-4-1-2-5-16/h7-10,16-17H,1-6,11-13H2,(H,21,25)/t17-/m0/s1. The average Bonchev–Trinajstić information content (AvgIpc) is 3.32. The molecule has 0 unspecified atom stereocenters. The van der Waals surface area contributed by atoms with Crippen molar-refractivity contribution in [3.8, 4) is 0 Å². The lowest BCUT2D eigenvalue weighted by atomic mass is 10.1. The molecule has 26 heavy (non-hydrogen) atoms. The largest absolute Gasteiger partial charge is 0.349 e. The predicted octanol–water partition coefficient (Wildman–Crippen LogP) is 1.69. The number of carbonyl (C=O) groups excluding carboxylic acids is 3. The molecule has 1 N–H and O–H groups in total. The Morgan fingerprint density at radius 1 is 1.04 bits per heavy atom. The van der Waals surface area contributed by atoms with Crippen molar-refractivity contribution < 1.29 is 14.4 Å². The van der Waals surface area contributed by atoms with Crippen LogP contribution in [0, 0.1) is 0 Å². The molecule has 0 spiro atoms. The molecular weight excluding hydrogens is 330 g/mol. The first kappa shape index (κ1) is 17.1. The summed E-state index contributed by atoms with van der Waals surface area (Å²) >= 11 is 0. The van der Waals surface area contributed by atoms with E-state index in [0.717, 1.165) is 31.2 Å². The van der Waals surface area contributed by atoms with E-state index in [9.17, 15) is 14.4 Å². The maximum Gasteiger partial charge on any atom is 0.251 e. The quantitative estimate of drug-likeness (QED) is 0.894. The van der Waals surface area contributed by atoms with E-state index in [1.807, 2.05) is 12.1 Å². The first-order valence-corrected chi connectivity index (χ1v) is 9.60. The van der Waals surface area contributed by atoms with Gasteiger partial charge in [0.05, 0.1) is 0 Å². The highest BCUT2D eigenvalue weighted by Gasteiger charge is 2.41. The Morgan fingerprint density at radius 3 is 2.50 bits per heavy atom. The van der Waals surface area contributed by atoms with Gasteiger partial charge in [0.25, 0.3) is 5.91 Å². The topological polar surface area (TPSA) is 69.7 Å². The van der Waals surface area contributed by atoms with Crippen LogP contribution in [0.1, 0.15) is 54.4 Å². The fraction of sp³-hybridized carbons (Fsp3) is 0.550. The van der Waals surface area contributed by atoms with E-state index < -0.39 is 0 Å². The zero-order valence-electron chi connectivity index (χ0n) is 14.9. The number of fused-ring (bicyclic) bond motifs is 1. The second kappa shape index (κ2) is 7.09. The summed E-state index contributed by atoms with van der Waals surface area (Å²) in [5, 5.41) is 3.08. The Bertz CT molecular complexity index is 710. The highest BCUT2D eigenvalue weighted by Crippen LogP contribution is 2.25. The van der Waals surface area contributed by atoms with E-state index in [1.165, 1.54) is 12.8 Å². The van der Waals surface area contributed by atoms with E-state index in [-0.39, 0.29) is 30.3 Å². The molecule has 4 rings (SSSR count). The van der Waals surface area contributed by atoms with Crippen LogP contribution in [0.2, 0.25) is 0 Å². The lowest BCUT2D eigenvalue weighted by Crippen LogP contribution is -2.56. The second-order valence-electron chi connectivity index (χ2n) is 7.59. The minimum Gasteiger partial charge on any atom is -0.349 e. The number of piperazine rings is 1. The van der Waals surface area contributed by atoms with Crippen LogP contribution in [0.15, 0.2) is 24.3 Å². The lowest BCUT2D eigenvalue weighted by Gasteiger charge is -2.36. The van der Waals surface area contributed by atoms with Crippen LogP contribution in [0.5, 0.6) is 0 Å². The van der Waals surface area contributed by atoms with Gasteiger partial charge in [-0.3, -0.25) is 14.4 Å². The van der Waals surface area contributed by atoms with Crippen LogP contribution in [-0.4, -0.2) is 52.7 Å². The summed E-state index contributed by atoms with van der Waals surface area (Å²) in [5.74, 6) is 0.0547. The molecule has 0 bridgehead atoms. The Labute approximate surface area is 153 Å². The number of hydrogen-bond donors (Lipinski definition) is 1. The molecule has 2 saturated heterocycles. The summed E-state index contributed by atoms with van der Waals surface area (Å²) in [7, 11) is 0. The van der Waals surface area contributed by atoms with Gasteiger partial charge in [-0.1, -0.05) is 25.0 Å². The second-order valence-corrected chi connectivity index (χ2v) is 7.59. The van der Waals surface area contributed by atoms with Crippen LogP contribution in [0.4, 0.5) is 0 Å². The van der Waals surface area contributed by atoms with E-state index >= 15 is 0 Å². The summed E-state index contributed by atoms with van der Waals surface area (Å²) in [6, 6.07) is 7.39. The van der Waals surface area contributed by atoms with Gasteiger partial charge in [-0.05, 0) is 43.4 Å². The molecule has 3 fully saturated rings. The molecule has 6 heteroatoms. The maximum absolute atomic E-state index is 12.6. The minimum absolute atomic E-state index is 0.0331. The van der Waals surface area contributed by atoms with Gasteiger partial charge in [0, 0.05) is 24.7 Å². The summed E-state index contributed by atoms with van der Waals surface area (Å²) in [4.78, 5) is 40.5. The molecule has 1 atom stereocenters. The maximum atomic E-state index is 12.6. The molecule has 2 aliphatic heterocycles. The Morgan fingerprint density at radius 2 is 1.77 bits per heavy atom. The Kier molecular flexibility index (Phi) is 4.66. The molecule has 1 aromatic carbocycles. The first-order chi connectivity index (χ1) is 12.6. The highest BCUT2D eigenvalue weighted by atomic mass is 16.2. The zero-order chi connectivity index (χ0) is 18.1. The third-order valence-electron chi connectivity index (χ3n) is 5.78. The van der Waals surface area contributed by atoms with Gasteiger partial charge in [-0.2, -0.15) is 0 Å². The molecular formula is C20H25N3O3. The van der Waals surface area contributed by atoms with Gasteiger partial charge >= 0.3 is 0 Å². The van der Waals surface area contributed by atoms with Crippen molar-refractivity contribution in [2.75, 3.05) is 13.1 Å². The molecule has 3 aliphatic rings. The number of amides is 3. The molecule has 138 valence electrons. The zero-order valence-corrected chi connectivity index (χ0v) is 14.9. The van der Waals surface area contributed by atoms with Crippen LogP contribution < -0.4 is 5.32 Å². The number of nitrogens with one attached hydrogen (secondary N) is 1. The summed E-state index contributed by atoms with van der Waals surface area (Å²) in [6.07, 6.45) is 6.16. The SMILES string of the molecule is O=C(NC1CCCC1)c1ccc(CN2CC(=O)N3CCC[C@H]3C2=O)cc1. The van der Waals surface area contributed by atoms with E-state index in [4.69, 9.17) is 0 Å². The van der Waals surface area contributed by atoms with Crippen LogP contribution in [-0.2, 0) is 16.1 Å². The smallest absolute Gasteiger partial charge is 0.251 e. The van der Waals surface area contributed by atoms with Crippen LogP contribution in [0.25, 0.3) is 0 Å². The highest BCUT2D eigenvalue weighted by molar-refractivity contribution is 5.95. The molecule has 1 aromatic rings. The van der Waals surface area contributed by atoms with Crippen LogP contribution in [0.3, 0.4) is 0 Å². The average molecular weight is 355 g/mol. The van der Waals surface area contributed by atoms with Crippen molar-refractivity contribution in [2.24, 2.45) is 0 Å². The third-order valence-corrected chi connectivity index (χ3v) is 5.78. The number of rotatable bonds is 4. The van der Waals surface area contributed by atoms with Crippen molar-refractivity contribution in [3.05, 3.63) is 35.4 Å². The van der Waals surface area contributed by atoms with Gasteiger partial charge in [-0.15, -0.1) is 0 Å². The molecule has 2 heterocycles. The van der Waals surface area contributed by atoms with Gasteiger partial charge in [0.2, 0.25) is 11.8 Å². The molecule has 3 amide bonds. The number of hydrogen-bond acceptors (Lipinski definition) is 3. The van der Waals surface area contributed by atoms with Gasteiger partial charge < -0.3 is 15.1 Å². The number of nitrogens with zero attached hydrogens (tertiary/aromatic N) is 2. The van der Waals surface area contributed by atoms with Crippen molar-refractivity contribution in [1.82, 2.24) is 15.1 Å². The van der Waals surface area contributed by atoms with Crippen LogP contribution >= 0.6 is 0 Å². The van der Waals surface area contributed by atoms with Gasteiger partial charge in [-0.25, -0.2) is 0 Å². The lowest BCUT2D eigenvalue weighted by molar-refractivity contribution is -0.154. The number of benzene rings is 1. The van der Waals surface area contributed by atoms with Crippen molar-refractivity contribution in [1.29, 1.82) is 0 Å². The summed E-state index contributed by atoms with van der Waals surface area (Å²) in [6.45, 7) is 1.27. The predicted molar refractivity (Wildman–Crippen MR) is 96.3 cm³/mol. The first-order valence-electron chi connectivity index (χ1n) is 9.60. The monoisotopic (exact) mass is 355 g/mol. The van der Waals surface area contributed by atoms with Crippen molar-refractivity contribution >= 4 is 17.7 Å². The minimum atomic E-state index is -0.271. The summed E-state index contributed by atoms with van der Waals surface area (Å²) in [5.41, 5.74) is 1.58. The van der Waals surface area contributed by atoms with Gasteiger partial charge in [0.1, 0.15) is 12.6 Å². The van der Waals surface area contributed by atoms with Crippen molar-refractivity contribution in [3.63, 3.8) is 0 Å².